The summed E-state index contributed by atoms with van der Waals surface area (Å²) in [4.78, 5) is 3.69. The van der Waals surface area contributed by atoms with E-state index in [1.165, 1.54) is 0 Å². The highest BCUT2D eigenvalue weighted by atomic mass is 35.5. The molecular formula is C11H10ClN. The maximum atomic E-state index is 5.76. The third-order valence-electron chi connectivity index (χ3n) is 1.63. The number of hydrogen-bond donors (Lipinski definition) is 0. The smallest absolute Gasteiger partial charge is 0.0406 e. The van der Waals surface area contributed by atoms with Gasteiger partial charge in [0.1, 0.15) is 0 Å². The second kappa shape index (κ2) is 4.63. The zero-order valence-corrected chi connectivity index (χ0v) is 7.96. The van der Waals surface area contributed by atoms with Gasteiger partial charge in [-0.1, -0.05) is 36.4 Å². The first-order valence-corrected chi connectivity index (χ1v) is 4.20. The maximum absolute atomic E-state index is 5.76. The second-order valence-corrected chi connectivity index (χ2v) is 2.91. The van der Waals surface area contributed by atoms with Gasteiger partial charge in [-0.3, -0.25) is 4.99 Å². The van der Waals surface area contributed by atoms with E-state index < -0.39 is 0 Å². The summed E-state index contributed by atoms with van der Waals surface area (Å²) >= 11 is 5.76. The number of hydrogen-bond acceptors (Lipinski definition) is 1. The van der Waals surface area contributed by atoms with E-state index in [0.29, 0.717) is 0 Å². The van der Waals surface area contributed by atoms with Crippen LogP contribution < -0.4 is 0 Å². The Morgan fingerprint density at radius 1 is 1.31 bits per heavy atom. The summed E-state index contributed by atoms with van der Waals surface area (Å²) in [6.45, 7) is 7.08. The highest BCUT2D eigenvalue weighted by Gasteiger charge is 1.95. The molecule has 0 saturated heterocycles. The molecule has 1 aromatic carbocycles. The van der Waals surface area contributed by atoms with Crippen LogP contribution in [-0.4, -0.2) is 6.72 Å². The Balaban J connectivity index is 3.06. The standard InChI is InChI=1S/C11H10ClN/c1-3-9(8-13-2)10-4-6-11(12)7-5-10/h3-8H,1-2H2/b9-8+. The molecule has 0 spiro atoms. The van der Waals surface area contributed by atoms with Crippen molar-refractivity contribution < 1.29 is 0 Å². The van der Waals surface area contributed by atoms with Crippen LogP contribution in [0.5, 0.6) is 0 Å². The topological polar surface area (TPSA) is 12.4 Å². The van der Waals surface area contributed by atoms with E-state index in [9.17, 15) is 0 Å². The van der Waals surface area contributed by atoms with Gasteiger partial charge in [0.15, 0.2) is 0 Å². The Morgan fingerprint density at radius 2 is 1.92 bits per heavy atom. The Hall–Kier alpha value is -1.34. The predicted molar refractivity (Wildman–Crippen MR) is 59.2 cm³/mol. The van der Waals surface area contributed by atoms with Crippen molar-refractivity contribution in [2.45, 2.75) is 0 Å². The van der Waals surface area contributed by atoms with Crippen LogP contribution in [0.1, 0.15) is 5.56 Å². The molecule has 0 aliphatic carbocycles. The molecule has 0 saturated carbocycles. The van der Waals surface area contributed by atoms with E-state index >= 15 is 0 Å². The van der Waals surface area contributed by atoms with E-state index in [0.717, 1.165) is 16.2 Å². The molecule has 0 fully saturated rings. The summed E-state index contributed by atoms with van der Waals surface area (Å²) in [6.07, 6.45) is 3.40. The summed E-state index contributed by atoms with van der Waals surface area (Å²) in [5.74, 6) is 0. The highest BCUT2D eigenvalue weighted by Crippen LogP contribution is 2.18. The fourth-order valence-corrected chi connectivity index (χ4v) is 1.11. The minimum Gasteiger partial charge on any atom is -0.272 e. The largest absolute Gasteiger partial charge is 0.272 e. The van der Waals surface area contributed by atoms with Crippen molar-refractivity contribution in [2.24, 2.45) is 4.99 Å². The van der Waals surface area contributed by atoms with Crippen molar-refractivity contribution in [2.75, 3.05) is 0 Å². The lowest BCUT2D eigenvalue weighted by molar-refractivity contribution is 1.56. The van der Waals surface area contributed by atoms with Gasteiger partial charge in [-0.2, -0.15) is 0 Å². The third kappa shape index (κ3) is 2.56. The van der Waals surface area contributed by atoms with Crippen LogP contribution in [0.25, 0.3) is 5.57 Å². The Kier molecular flexibility index (Phi) is 3.47. The van der Waals surface area contributed by atoms with Crippen LogP contribution in [0.4, 0.5) is 0 Å². The molecular weight excluding hydrogens is 182 g/mol. The molecule has 0 bridgehead atoms. The number of allylic oxidation sites excluding steroid dienone is 2. The Bertz CT molecular complexity index is 336. The molecule has 0 amide bonds. The van der Waals surface area contributed by atoms with Crippen LogP contribution >= 0.6 is 11.6 Å². The fourth-order valence-electron chi connectivity index (χ4n) is 0.986. The van der Waals surface area contributed by atoms with Crippen molar-refractivity contribution in [3.63, 3.8) is 0 Å². The van der Waals surface area contributed by atoms with Gasteiger partial charge in [-0.15, -0.1) is 0 Å². The number of nitrogens with zero attached hydrogens (tertiary/aromatic N) is 1. The normalized spacial score (nSPS) is 11.0. The van der Waals surface area contributed by atoms with Crippen molar-refractivity contribution in [3.8, 4) is 0 Å². The molecule has 0 aliphatic heterocycles. The zero-order chi connectivity index (χ0) is 9.68. The number of aliphatic imine (C=N–C) groups is 1. The zero-order valence-electron chi connectivity index (χ0n) is 7.20. The van der Waals surface area contributed by atoms with Crippen LogP contribution in [-0.2, 0) is 0 Å². The van der Waals surface area contributed by atoms with E-state index in [-0.39, 0.29) is 0 Å². The van der Waals surface area contributed by atoms with E-state index in [4.69, 9.17) is 11.6 Å². The quantitative estimate of drug-likeness (QED) is 0.512. The minimum atomic E-state index is 0.721. The number of rotatable bonds is 3. The van der Waals surface area contributed by atoms with Gasteiger partial charge in [0.2, 0.25) is 0 Å². The monoisotopic (exact) mass is 191 g/mol. The third-order valence-corrected chi connectivity index (χ3v) is 1.88. The molecule has 1 aromatic rings. The van der Waals surface area contributed by atoms with E-state index in [1.807, 2.05) is 24.3 Å². The van der Waals surface area contributed by atoms with Gasteiger partial charge in [0.05, 0.1) is 0 Å². The molecule has 0 unspecified atom stereocenters. The summed E-state index contributed by atoms with van der Waals surface area (Å²) in [5, 5.41) is 0.721. The lowest BCUT2D eigenvalue weighted by atomic mass is 10.1. The molecule has 2 heteroatoms. The summed E-state index contributed by atoms with van der Waals surface area (Å²) in [7, 11) is 0. The molecule has 0 aromatic heterocycles. The first kappa shape index (κ1) is 9.75. The van der Waals surface area contributed by atoms with Crippen molar-refractivity contribution in [1.82, 2.24) is 0 Å². The summed E-state index contributed by atoms with van der Waals surface area (Å²) in [5.41, 5.74) is 1.97. The lowest BCUT2D eigenvalue weighted by Gasteiger charge is -2.00. The van der Waals surface area contributed by atoms with Crippen molar-refractivity contribution in [1.29, 1.82) is 0 Å². The molecule has 66 valence electrons. The van der Waals surface area contributed by atoms with Crippen LogP contribution in [0.15, 0.2) is 48.1 Å². The van der Waals surface area contributed by atoms with Crippen LogP contribution in [0.2, 0.25) is 5.02 Å². The molecule has 0 heterocycles. The molecule has 1 rings (SSSR count). The molecule has 0 N–H and O–H groups in total. The van der Waals surface area contributed by atoms with Gasteiger partial charge in [-0.05, 0) is 30.0 Å². The molecule has 0 aliphatic rings. The first-order valence-electron chi connectivity index (χ1n) is 3.82. The van der Waals surface area contributed by atoms with E-state index in [1.54, 1.807) is 12.3 Å². The number of benzene rings is 1. The lowest BCUT2D eigenvalue weighted by Crippen LogP contribution is -1.78. The van der Waals surface area contributed by atoms with Gasteiger partial charge in [-0.25, -0.2) is 0 Å². The summed E-state index contributed by atoms with van der Waals surface area (Å²) in [6, 6.07) is 7.50. The molecule has 13 heavy (non-hydrogen) atoms. The average Bonchev–Trinajstić information content (AvgIpc) is 2.16. The SMILES string of the molecule is C=C/C(=C\N=C)c1ccc(Cl)cc1. The van der Waals surface area contributed by atoms with Gasteiger partial charge < -0.3 is 0 Å². The predicted octanol–water partition coefficient (Wildman–Crippen LogP) is 3.57. The Labute approximate surface area is 83.1 Å². The van der Waals surface area contributed by atoms with Crippen molar-refractivity contribution >= 4 is 23.9 Å². The van der Waals surface area contributed by atoms with Crippen LogP contribution in [0.3, 0.4) is 0 Å². The van der Waals surface area contributed by atoms with Crippen LogP contribution in [0, 0.1) is 0 Å². The maximum Gasteiger partial charge on any atom is 0.0406 e. The van der Waals surface area contributed by atoms with Gasteiger partial charge in [0, 0.05) is 11.2 Å². The second-order valence-electron chi connectivity index (χ2n) is 2.48. The Morgan fingerprint density at radius 3 is 2.38 bits per heavy atom. The van der Waals surface area contributed by atoms with Gasteiger partial charge in [0.25, 0.3) is 0 Å². The summed E-state index contributed by atoms with van der Waals surface area (Å²) < 4.78 is 0. The van der Waals surface area contributed by atoms with Crippen molar-refractivity contribution in [3.05, 3.63) is 53.7 Å². The average molecular weight is 192 g/mol. The van der Waals surface area contributed by atoms with Gasteiger partial charge >= 0.3 is 0 Å². The molecule has 0 radical (unpaired) electrons. The first-order chi connectivity index (χ1) is 6.27. The molecule has 0 atom stereocenters. The highest BCUT2D eigenvalue weighted by molar-refractivity contribution is 6.30. The number of halogens is 1. The minimum absolute atomic E-state index is 0.721. The fraction of sp³-hybridized carbons (Fsp3) is 0. The molecule has 1 nitrogen and oxygen atoms in total. The van der Waals surface area contributed by atoms with E-state index in [2.05, 4.69) is 18.3 Å².